The zero-order valence-electron chi connectivity index (χ0n) is 11.2. The summed E-state index contributed by atoms with van der Waals surface area (Å²) in [6.45, 7) is 5.39. The lowest BCUT2D eigenvalue weighted by Gasteiger charge is -2.15. The molecule has 0 amide bonds. The van der Waals surface area contributed by atoms with Gasteiger partial charge in [0.05, 0.1) is 11.5 Å². The Morgan fingerprint density at radius 2 is 2.06 bits per heavy atom. The van der Waals surface area contributed by atoms with Crippen LogP contribution in [0.5, 0.6) is 0 Å². The van der Waals surface area contributed by atoms with Crippen LogP contribution in [0.25, 0.3) is 10.9 Å². The lowest BCUT2D eigenvalue weighted by atomic mass is 9.96. The van der Waals surface area contributed by atoms with E-state index in [2.05, 4.69) is 53.5 Å². The highest BCUT2D eigenvalue weighted by Gasteiger charge is 2.16. The van der Waals surface area contributed by atoms with Crippen LogP contribution >= 0.6 is 0 Å². The summed E-state index contributed by atoms with van der Waals surface area (Å²) < 4.78 is 2.14. The first-order valence-corrected chi connectivity index (χ1v) is 6.18. The van der Waals surface area contributed by atoms with Gasteiger partial charge in [-0.15, -0.1) is 0 Å². The molecule has 0 saturated carbocycles. The summed E-state index contributed by atoms with van der Waals surface area (Å²) in [6, 6.07) is 10.7. The van der Waals surface area contributed by atoms with Gasteiger partial charge in [0.2, 0.25) is 0 Å². The maximum atomic E-state index is 8.97. The number of hydrogen-bond acceptors (Lipinski definition) is 2. The second-order valence-corrected chi connectivity index (χ2v) is 5.38. The van der Waals surface area contributed by atoms with Crippen molar-refractivity contribution in [1.29, 1.82) is 5.26 Å². The van der Waals surface area contributed by atoms with Crippen molar-refractivity contribution in [1.82, 2.24) is 9.88 Å². The first-order chi connectivity index (χ1) is 8.53. The number of aromatic nitrogens is 1. The summed E-state index contributed by atoms with van der Waals surface area (Å²) in [4.78, 5) is 0. The van der Waals surface area contributed by atoms with Crippen LogP contribution in [0.4, 0.5) is 0 Å². The molecule has 0 aliphatic rings. The quantitative estimate of drug-likeness (QED) is 0.894. The van der Waals surface area contributed by atoms with Crippen LogP contribution in [-0.2, 0) is 13.6 Å². The van der Waals surface area contributed by atoms with E-state index in [4.69, 9.17) is 5.26 Å². The van der Waals surface area contributed by atoms with Crippen molar-refractivity contribution in [3.8, 4) is 6.07 Å². The van der Waals surface area contributed by atoms with E-state index in [1.165, 1.54) is 16.5 Å². The molecular formula is C15H19N3. The average molecular weight is 241 g/mol. The summed E-state index contributed by atoms with van der Waals surface area (Å²) in [6.07, 6.45) is 2.15. The van der Waals surface area contributed by atoms with Crippen molar-refractivity contribution in [3.05, 3.63) is 36.0 Å². The molecule has 0 spiro atoms. The van der Waals surface area contributed by atoms with Crippen molar-refractivity contribution in [2.24, 2.45) is 12.5 Å². The number of nitrogens with one attached hydrogen (secondary N) is 1. The van der Waals surface area contributed by atoms with E-state index >= 15 is 0 Å². The van der Waals surface area contributed by atoms with Crippen LogP contribution in [-0.4, -0.2) is 11.1 Å². The fourth-order valence-electron chi connectivity index (χ4n) is 2.12. The summed E-state index contributed by atoms with van der Waals surface area (Å²) in [5.74, 6) is 0. The van der Waals surface area contributed by atoms with Crippen LogP contribution in [0.1, 0.15) is 19.4 Å². The van der Waals surface area contributed by atoms with Crippen LogP contribution in [0.15, 0.2) is 30.5 Å². The molecule has 0 atom stereocenters. The van der Waals surface area contributed by atoms with Gasteiger partial charge in [-0.2, -0.15) is 5.26 Å². The Labute approximate surface area is 108 Å². The Morgan fingerprint density at radius 1 is 1.33 bits per heavy atom. The lowest BCUT2D eigenvalue weighted by Crippen LogP contribution is -2.27. The number of hydrogen-bond donors (Lipinski definition) is 1. The van der Waals surface area contributed by atoms with E-state index in [0.717, 1.165) is 6.54 Å². The number of fused-ring (bicyclic) bond motifs is 1. The van der Waals surface area contributed by atoms with Gasteiger partial charge in [-0.05, 0) is 25.5 Å². The molecule has 0 aliphatic heterocycles. The SMILES string of the molecule is Cn1cc(CNCC(C)(C)C#N)c2ccccc21. The molecule has 0 fully saturated rings. The standard InChI is InChI=1S/C15H19N3/c1-15(2,10-16)11-17-8-12-9-18(3)14-7-5-4-6-13(12)14/h4-7,9,17H,8,11H2,1-3H3. The highest BCUT2D eigenvalue weighted by molar-refractivity contribution is 5.83. The smallest absolute Gasteiger partial charge is 0.0697 e. The normalized spacial score (nSPS) is 11.7. The molecule has 1 N–H and O–H groups in total. The zero-order chi connectivity index (χ0) is 13.2. The highest BCUT2D eigenvalue weighted by Crippen LogP contribution is 2.20. The van der Waals surface area contributed by atoms with Gasteiger partial charge in [0.15, 0.2) is 0 Å². The largest absolute Gasteiger partial charge is 0.350 e. The van der Waals surface area contributed by atoms with Gasteiger partial charge in [-0.1, -0.05) is 18.2 Å². The molecule has 1 aromatic carbocycles. The number of aryl methyl sites for hydroxylation is 1. The van der Waals surface area contributed by atoms with E-state index < -0.39 is 0 Å². The number of nitriles is 1. The minimum atomic E-state index is -0.315. The molecule has 1 aromatic heterocycles. The second kappa shape index (κ2) is 4.83. The van der Waals surface area contributed by atoms with Gasteiger partial charge in [0.25, 0.3) is 0 Å². The molecule has 3 nitrogen and oxygen atoms in total. The van der Waals surface area contributed by atoms with E-state index in [-0.39, 0.29) is 5.41 Å². The second-order valence-electron chi connectivity index (χ2n) is 5.38. The van der Waals surface area contributed by atoms with E-state index in [1.807, 2.05) is 13.8 Å². The van der Waals surface area contributed by atoms with Crippen LogP contribution in [0, 0.1) is 16.7 Å². The van der Waals surface area contributed by atoms with E-state index in [0.29, 0.717) is 6.54 Å². The predicted octanol–water partition coefficient (Wildman–Crippen LogP) is 2.82. The Hall–Kier alpha value is -1.79. The fraction of sp³-hybridized carbons (Fsp3) is 0.400. The molecule has 0 unspecified atom stereocenters. The van der Waals surface area contributed by atoms with Gasteiger partial charge in [0.1, 0.15) is 0 Å². The third kappa shape index (κ3) is 2.55. The van der Waals surface area contributed by atoms with Crippen molar-refractivity contribution in [2.75, 3.05) is 6.54 Å². The first kappa shape index (κ1) is 12.7. The summed E-state index contributed by atoms with van der Waals surface area (Å²) in [5.41, 5.74) is 2.21. The average Bonchev–Trinajstić information content (AvgIpc) is 2.67. The molecule has 2 aromatic rings. The maximum absolute atomic E-state index is 8.97. The highest BCUT2D eigenvalue weighted by atomic mass is 14.9. The molecule has 1 heterocycles. The predicted molar refractivity (Wildman–Crippen MR) is 74.0 cm³/mol. The van der Waals surface area contributed by atoms with Crippen LogP contribution in [0.2, 0.25) is 0 Å². The van der Waals surface area contributed by atoms with Gasteiger partial charge >= 0.3 is 0 Å². The van der Waals surface area contributed by atoms with E-state index in [1.54, 1.807) is 0 Å². The molecule has 2 rings (SSSR count). The van der Waals surface area contributed by atoms with Crippen molar-refractivity contribution >= 4 is 10.9 Å². The molecule has 0 radical (unpaired) electrons. The zero-order valence-corrected chi connectivity index (χ0v) is 11.2. The van der Waals surface area contributed by atoms with Crippen molar-refractivity contribution in [3.63, 3.8) is 0 Å². The topological polar surface area (TPSA) is 40.8 Å². The number of rotatable bonds is 4. The van der Waals surface area contributed by atoms with Crippen LogP contribution < -0.4 is 5.32 Å². The lowest BCUT2D eigenvalue weighted by molar-refractivity contribution is 0.445. The summed E-state index contributed by atoms with van der Waals surface area (Å²) >= 11 is 0. The van der Waals surface area contributed by atoms with Gasteiger partial charge < -0.3 is 9.88 Å². The van der Waals surface area contributed by atoms with Gasteiger partial charge in [-0.25, -0.2) is 0 Å². The van der Waals surface area contributed by atoms with Crippen molar-refractivity contribution < 1.29 is 0 Å². The monoisotopic (exact) mass is 241 g/mol. The maximum Gasteiger partial charge on any atom is 0.0697 e. The number of para-hydroxylation sites is 1. The van der Waals surface area contributed by atoms with Gasteiger partial charge in [0, 0.05) is 37.2 Å². The van der Waals surface area contributed by atoms with Crippen LogP contribution in [0.3, 0.4) is 0 Å². The Kier molecular flexibility index (Phi) is 3.40. The third-order valence-corrected chi connectivity index (χ3v) is 3.16. The number of benzene rings is 1. The third-order valence-electron chi connectivity index (χ3n) is 3.16. The molecule has 3 heteroatoms. The van der Waals surface area contributed by atoms with E-state index in [9.17, 15) is 0 Å². The number of nitrogens with zero attached hydrogens (tertiary/aromatic N) is 2. The molecule has 18 heavy (non-hydrogen) atoms. The molecule has 0 aliphatic carbocycles. The Bertz CT molecular complexity index is 587. The summed E-state index contributed by atoms with van der Waals surface area (Å²) in [7, 11) is 2.06. The Balaban J connectivity index is 2.12. The molecule has 0 bridgehead atoms. The molecule has 94 valence electrons. The minimum absolute atomic E-state index is 0.315. The first-order valence-electron chi connectivity index (χ1n) is 6.18. The van der Waals surface area contributed by atoms with Crippen molar-refractivity contribution in [2.45, 2.75) is 20.4 Å². The molecule has 0 saturated heterocycles. The Morgan fingerprint density at radius 3 is 2.78 bits per heavy atom. The van der Waals surface area contributed by atoms with Gasteiger partial charge in [-0.3, -0.25) is 0 Å². The molecular weight excluding hydrogens is 222 g/mol. The minimum Gasteiger partial charge on any atom is -0.350 e. The summed E-state index contributed by atoms with van der Waals surface area (Å²) in [5, 5.41) is 13.6. The fourth-order valence-corrected chi connectivity index (χ4v) is 2.12.